The predicted octanol–water partition coefficient (Wildman–Crippen LogP) is 4.77. The molecule has 0 atom stereocenters. The van der Waals surface area contributed by atoms with E-state index in [-0.39, 0.29) is 5.91 Å². The van der Waals surface area contributed by atoms with Crippen LogP contribution in [0.2, 0.25) is 0 Å². The maximum Gasteiger partial charge on any atom is 0.258 e. The standard InChI is InChI=1S/C23H25N3O/c1-16-11-9-10-14-19(16)21-20(15-24-17(2)25-21)22(27)26(5)23(3,4)18-12-7-6-8-13-18/h6-15H,1-5H3. The van der Waals surface area contributed by atoms with Crippen LogP contribution in [0.15, 0.2) is 60.8 Å². The molecule has 4 heteroatoms. The van der Waals surface area contributed by atoms with Crippen molar-refractivity contribution < 1.29 is 4.79 Å². The van der Waals surface area contributed by atoms with E-state index < -0.39 is 5.54 Å². The quantitative estimate of drug-likeness (QED) is 0.674. The van der Waals surface area contributed by atoms with Gasteiger partial charge in [0.1, 0.15) is 5.82 Å². The highest BCUT2D eigenvalue weighted by molar-refractivity contribution is 6.00. The molecule has 0 N–H and O–H groups in total. The number of hydrogen-bond acceptors (Lipinski definition) is 3. The third-order valence-corrected chi connectivity index (χ3v) is 5.16. The molecule has 0 saturated carbocycles. The summed E-state index contributed by atoms with van der Waals surface area (Å²) in [5, 5.41) is 0. The molecule has 3 rings (SSSR count). The molecule has 1 heterocycles. The molecular formula is C23H25N3O. The van der Waals surface area contributed by atoms with E-state index >= 15 is 0 Å². The average Bonchev–Trinajstić information content (AvgIpc) is 2.68. The monoisotopic (exact) mass is 359 g/mol. The highest BCUT2D eigenvalue weighted by atomic mass is 16.2. The highest BCUT2D eigenvalue weighted by Gasteiger charge is 2.32. The second-order valence-corrected chi connectivity index (χ2v) is 7.28. The fourth-order valence-corrected chi connectivity index (χ4v) is 3.14. The Labute approximate surface area is 160 Å². The minimum Gasteiger partial charge on any atom is -0.332 e. The number of carbonyl (C=O) groups is 1. The van der Waals surface area contributed by atoms with Gasteiger partial charge < -0.3 is 4.90 Å². The molecule has 2 aromatic carbocycles. The first kappa shape index (κ1) is 18.8. The van der Waals surface area contributed by atoms with Gasteiger partial charge in [-0.2, -0.15) is 0 Å². The lowest BCUT2D eigenvalue weighted by atomic mass is 9.91. The minimum atomic E-state index is -0.466. The summed E-state index contributed by atoms with van der Waals surface area (Å²) in [6, 6.07) is 18.0. The fraction of sp³-hybridized carbons (Fsp3) is 0.261. The van der Waals surface area contributed by atoms with Gasteiger partial charge in [0.2, 0.25) is 0 Å². The van der Waals surface area contributed by atoms with Crippen LogP contribution in [-0.2, 0) is 5.54 Å². The summed E-state index contributed by atoms with van der Waals surface area (Å²) in [5.41, 5.74) is 3.84. The van der Waals surface area contributed by atoms with Crippen molar-refractivity contribution in [2.45, 2.75) is 33.2 Å². The molecule has 27 heavy (non-hydrogen) atoms. The van der Waals surface area contributed by atoms with Crippen molar-refractivity contribution in [3.05, 3.63) is 83.3 Å². The lowest BCUT2D eigenvalue weighted by molar-refractivity contribution is 0.0622. The van der Waals surface area contributed by atoms with Gasteiger partial charge in [0, 0.05) is 18.8 Å². The Morgan fingerprint density at radius 3 is 2.26 bits per heavy atom. The predicted molar refractivity (Wildman–Crippen MR) is 109 cm³/mol. The van der Waals surface area contributed by atoms with Crippen molar-refractivity contribution in [2.24, 2.45) is 0 Å². The van der Waals surface area contributed by atoms with Crippen molar-refractivity contribution in [2.75, 3.05) is 7.05 Å². The van der Waals surface area contributed by atoms with Crippen molar-refractivity contribution >= 4 is 5.91 Å². The van der Waals surface area contributed by atoms with E-state index in [0.717, 1.165) is 16.7 Å². The first-order chi connectivity index (χ1) is 12.8. The van der Waals surface area contributed by atoms with Gasteiger partial charge in [0.25, 0.3) is 5.91 Å². The van der Waals surface area contributed by atoms with Gasteiger partial charge in [-0.05, 0) is 38.8 Å². The van der Waals surface area contributed by atoms with Gasteiger partial charge in [-0.25, -0.2) is 9.97 Å². The summed E-state index contributed by atoms with van der Waals surface area (Å²) in [4.78, 5) is 24.1. The number of rotatable bonds is 4. The molecule has 0 spiro atoms. The third-order valence-electron chi connectivity index (χ3n) is 5.16. The van der Waals surface area contributed by atoms with Crippen molar-refractivity contribution in [3.63, 3.8) is 0 Å². The van der Waals surface area contributed by atoms with Gasteiger partial charge in [-0.1, -0.05) is 54.6 Å². The van der Waals surface area contributed by atoms with E-state index in [1.54, 1.807) is 11.1 Å². The molecule has 0 unspecified atom stereocenters. The first-order valence-corrected chi connectivity index (χ1v) is 9.05. The second-order valence-electron chi connectivity index (χ2n) is 7.28. The smallest absolute Gasteiger partial charge is 0.258 e. The Morgan fingerprint density at radius 2 is 1.59 bits per heavy atom. The number of benzene rings is 2. The van der Waals surface area contributed by atoms with Crippen LogP contribution in [0.1, 0.15) is 41.2 Å². The van der Waals surface area contributed by atoms with Gasteiger partial charge >= 0.3 is 0 Å². The van der Waals surface area contributed by atoms with Crippen LogP contribution < -0.4 is 0 Å². The maximum absolute atomic E-state index is 13.4. The molecule has 0 saturated heterocycles. The van der Waals surface area contributed by atoms with Gasteiger partial charge in [0.05, 0.1) is 16.8 Å². The van der Waals surface area contributed by atoms with Gasteiger partial charge in [-0.15, -0.1) is 0 Å². The molecule has 0 aliphatic heterocycles. The van der Waals surface area contributed by atoms with Crippen LogP contribution in [-0.4, -0.2) is 27.8 Å². The SMILES string of the molecule is Cc1ncc(C(=O)N(C)C(C)(C)c2ccccc2)c(-c2ccccc2C)n1. The summed E-state index contributed by atoms with van der Waals surface area (Å²) in [5.74, 6) is 0.553. The van der Waals surface area contributed by atoms with E-state index in [9.17, 15) is 4.79 Å². The van der Waals surface area contributed by atoms with Crippen LogP contribution in [0.25, 0.3) is 11.3 Å². The molecule has 1 aromatic heterocycles. The van der Waals surface area contributed by atoms with Crippen LogP contribution in [0.3, 0.4) is 0 Å². The first-order valence-electron chi connectivity index (χ1n) is 9.05. The Morgan fingerprint density at radius 1 is 0.963 bits per heavy atom. The lowest BCUT2D eigenvalue weighted by Gasteiger charge is -2.36. The lowest BCUT2D eigenvalue weighted by Crippen LogP contribution is -2.43. The molecular weight excluding hydrogens is 334 g/mol. The highest BCUT2D eigenvalue weighted by Crippen LogP contribution is 2.31. The Bertz CT molecular complexity index is 964. The zero-order valence-electron chi connectivity index (χ0n) is 16.5. The van der Waals surface area contributed by atoms with Crippen LogP contribution in [0, 0.1) is 13.8 Å². The summed E-state index contributed by atoms with van der Waals surface area (Å²) < 4.78 is 0. The van der Waals surface area contributed by atoms with Crippen molar-refractivity contribution in [1.82, 2.24) is 14.9 Å². The van der Waals surface area contributed by atoms with E-state index in [0.29, 0.717) is 17.1 Å². The fourth-order valence-electron chi connectivity index (χ4n) is 3.14. The molecule has 1 amide bonds. The molecule has 0 radical (unpaired) electrons. The molecule has 0 fully saturated rings. The van der Waals surface area contributed by atoms with Crippen LogP contribution in [0.4, 0.5) is 0 Å². The van der Waals surface area contributed by atoms with E-state index in [2.05, 4.69) is 9.97 Å². The summed E-state index contributed by atoms with van der Waals surface area (Å²) in [7, 11) is 1.83. The third kappa shape index (κ3) is 3.61. The van der Waals surface area contributed by atoms with Crippen LogP contribution in [0.5, 0.6) is 0 Å². The number of nitrogens with zero attached hydrogens (tertiary/aromatic N) is 3. The second kappa shape index (κ2) is 7.31. The summed E-state index contributed by atoms with van der Waals surface area (Å²) >= 11 is 0. The zero-order valence-corrected chi connectivity index (χ0v) is 16.5. The molecule has 4 nitrogen and oxygen atoms in total. The molecule has 138 valence electrons. The number of carbonyl (C=O) groups excluding carboxylic acids is 1. The Hall–Kier alpha value is -3.01. The largest absolute Gasteiger partial charge is 0.332 e. The Balaban J connectivity index is 2.06. The molecule has 3 aromatic rings. The van der Waals surface area contributed by atoms with E-state index in [1.807, 2.05) is 89.3 Å². The molecule has 0 aliphatic carbocycles. The molecule has 0 aliphatic rings. The molecule has 0 bridgehead atoms. The number of hydrogen-bond donors (Lipinski definition) is 0. The number of aryl methyl sites for hydroxylation is 2. The average molecular weight is 359 g/mol. The van der Waals surface area contributed by atoms with Crippen molar-refractivity contribution in [3.8, 4) is 11.3 Å². The van der Waals surface area contributed by atoms with Gasteiger partial charge in [-0.3, -0.25) is 4.79 Å². The maximum atomic E-state index is 13.4. The topological polar surface area (TPSA) is 46.1 Å². The van der Waals surface area contributed by atoms with Gasteiger partial charge in [0.15, 0.2) is 0 Å². The van der Waals surface area contributed by atoms with Crippen LogP contribution >= 0.6 is 0 Å². The normalized spacial score (nSPS) is 11.3. The van der Waals surface area contributed by atoms with E-state index in [4.69, 9.17) is 0 Å². The minimum absolute atomic E-state index is 0.0953. The summed E-state index contributed by atoms with van der Waals surface area (Å²) in [6.45, 7) is 7.96. The number of aromatic nitrogens is 2. The van der Waals surface area contributed by atoms with E-state index in [1.165, 1.54) is 0 Å². The summed E-state index contributed by atoms with van der Waals surface area (Å²) in [6.07, 6.45) is 1.64. The Kier molecular flexibility index (Phi) is 5.08. The zero-order chi connectivity index (χ0) is 19.6. The number of amides is 1. The van der Waals surface area contributed by atoms with Crippen molar-refractivity contribution in [1.29, 1.82) is 0 Å².